The Morgan fingerprint density at radius 3 is 2.74 bits per heavy atom. The Morgan fingerprint density at radius 1 is 1.30 bits per heavy atom. The fraction of sp³-hybridized carbons (Fsp3) is 0.562. The van der Waals surface area contributed by atoms with E-state index in [4.69, 9.17) is 19.3 Å². The molecule has 0 radical (unpaired) electrons. The van der Waals surface area contributed by atoms with E-state index in [1.807, 2.05) is 24.3 Å². The lowest BCUT2D eigenvalue weighted by Gasteiger charge is -2.31. The van der Waals surface area contributed by atoms with E-state index in [9.17, 15) is 4.79 Å². The van der Waals surface area contributed by atoms with Gasteiger partial charge in [0.1, 0.15) is 18.1 Å². The first-order chi connectivity index (χ1) is 11.2. The van der Waals surface area contributed by atoms with Crippen LogP contribution < -0.4 is 14.8 Å². The number of hydrogen-bond acceptors (Lipinski definition) is 5. The van der Waals surface area contributed by atoms with E-state index in [2.05, 4.69) is 5.32 Å². The van der Waals surface area contributed by atoms with Crippen LogP contribution in [0.15, 0.2) is 24.3 Å². The molecule has 1 saturated heterocycles. The van der Waals surface area contributed by atoms with Gasteiger partial charge in [0.2, 0.25) is 0 Å². The van der Waals surface area contributed by atoms with Gasteiger partial charge in [-0.05, 0) is 18.6 Å². The Kier molecular flexibility index (Phi) is 6.96. The summed E-state index contributed by atoms with van der Waals surface area (Å²) in [5.74, 6) is 1.48. The van der Waals surface area contributed by atoms with Crippen LogP contribution >= 0.6 is 0 Å². The number of methoxy groups -OCH3 is 1. The van der Waals surface area contributed by atoms with Crippen molar-refractivity contribution in [1.82, 2.24) is 10.2 Å². The molecule has 1 aliphatic heterocycles. The van der Waals surface area contributed by atoms with Crippen LogP contribution in [-0.4, -0.2) is 68.7 Å². The summed E-state index contributed by atoms with van der Waals surface area (Å²) >= 11 is 0. The van der Waals surface area contributed by atoms with Crippen LogP contribution in [0, 0.1) is 0 Å². The molecule has 1 atom stereocenters. The summed E-state index contributed by atoms with van der Waals surface area (Å²) in [6.45, 7) is 3.27. The highest BCUT2D eigenvalue weighted by Gasteiger charge is 2.22. The van der Waals surface area contributed by atoms with Gasteiger partial charge in [0.15, 0.2) is 0 Å². The van der Waals surface area contributed by atoms with Gasteiger partial charge in [0.25, 0.3) is 0 Å². The smallest absolute Gasteiger partial charge is 0.407 e. The summed E-state index contributed by atoms with van der Waals surface area (Å²) in [5, 5.41) is 12.3. The summed E-state index contributed by atoms with van der Waals surface area (Å²) in [6.07, 6.45) is -0.114. The molecule has 1 heterocycles. The molecule has 0 spiro atoms. The van der Waals surface area contributed by atoms with Crippen LogP contribution in [0.5, 0.6) is 11.5 Å². The third kappa shape index (κ3) is 5.96. The monoisotopic (exact) mass is 324 g/mol. The fourth-order valence-corrected chi connectivity index (χ4v) is 2.41. The number of piperazine rings is 1. The lowest BCUT2D eigenvalue weighted by molar-refractivity contribution is 0.124. The predicted molar refractivity (Wildman–Crippen MR) is 85.3 cm³/mol. The van der Waals surface area contributed by atoms with Crippen LogP contribution in [0.3, 0.4) is 0 Å². The highest BCUT2D eigenvalue weighted by atomic mass is 16.5. The second kappa shape index (κ2) is 9.22. The maximum Gasteiger partial charge on any atom is 0.407 e. The van der Waals surface area contributed by atoms with Crippen molar-refractivity contribution in [3.8, 4) is 11.5 Å². The van der Waals surface area contributed by atoms with Gasteiger partial charge in [-0.15, -0.1) is 0 Å². The van der Waals surface area contributed by atoms with Gasteiger partial charge < -0.3 is 29.5 Å². The zero-order valence-corrected chi connectivity index (χ0v) is 13.4. The molecule has 23 heavy (non-hydrogen) atoms. The van der Waals surface area contributed by atoms with Crippen molar-refractivity contribution < 1.29 is 24.1 Å². The van der Waals surface area contributed by atoms with E-state index >= 15 is 0 Å². The highest BCUT2D eigenvalue weighted by Crippen LogP contribution is 2.19. The molecule has 0 unspecified atom stereocenters. The van der Waals surface area contributed by atoms with E-state index in [-0.39, 0.29) is 6.04 Å². The second-order valence-electron chi connectivity index (χ2n) is 5.33. The summed E-state index contributed by atoms with van der Waals surface area (Å²) in [7, 11) is 1.63. The Bertz CT molecular complexity index is 497. The number of carbonyl (C=O) groups is 1. The molecule has 2 rings (SSSR count). The van der Waals surface area contributed by atoms with Crippen LogP contribution in [0.25, 0.3) is 0 Å². The van der Waals surface area contributed by atoms with Crippen LogP contribution in [0.1, 0.15) is 6.42 Å². The molecule has 0 bridgehead atoms. The molecule has 1 amide bonds. The molecule has 0 saturated carbocycles. The zero-order valence-electron chi connectivity index (χ0n) is 13.4. The van der Waals surface area contributed by atoms with E-state index in [0.29, 0.717) is 39.5 Å². The lowest BCUT2D eigenvalue weighted by Crippen LogP contribution is -2.52. The molecule has 7 heteroatoms. The molecular formula is C16H24N2O5. The number of rotatable bonds is 8. The largest absolute Gasteiger partial charge is 0.493 e. The van der Waals surface area contributed by atoms with Crippen molar-refractivity contribution in [2.24, 2.45) is 0 Å². The molecular weight excluding hydrogens is 300 g/mol. The van der Waals surface area contributed by atoms with Crippen molar-refractivity contribution in [2.45, 2.75) is 12.5 Å². The number of nitrogens with one attached hydrogen (secondary N) is 1. The number of carboxylic acid groups (broad SMARTS) is 1. The van der Waals surface area contributed by atoms with Gasteiger partial charge in [-0.3, -0.25) is 0 Å². The van der Waals surface area contributed by atoms with Gasteiger partial charge in [-0.1, -0.05) is 6.07 Å². The van der Waals surface area contributed by atoms with Crippen LogP contribution in [-0.2, 0) is 4.74 Å². The molecule has 0 aliphatic carbocycles. The summed E-state index contributed by atoms with van der Waals surface area (Å²) in [6, 6.07) is 7.59. The van der Waals surface area contributed by atoms with Crippen molar-refractivity contribution in [1.29, 1.82) is 0 Å². The van der Waals surface area contributed by atoms with Crippen LogP contribution in [0.2, 0.25) is 0 Å². The quantitative estimate of drug-likeness (QED) is 0.704. The Labute approximate surface area is 136 Å². The highest BCUT2D eigenvalue weighted by molar-refractivity contribution is 5.65. The number of benzene rings is 1. The third-order valence-corrected chi connectivity index (χ3v) is 3.62. The van der Waals surface area contributed by atoms with Gasteiger partial charge >= 0.3 is 6.09 Å². The molecule has 1 aliphatic rings. The zero-order chi connectivity index (χ0) is 16.5. The summed E-state index contributed by atoms with van der Waals surface area (Å²) in [4.78, 5) is 12.4. The van der Waals surface area contributed by atoms with Gasteiger partial charge in [0.05, 0.1) is 13.2 Å². The van der Waals surface area contributed by atoms with E-state index in [1.165, 1.54) is 4.90 Å². The number of amides is 1. The normalized spacial score (nSPS) is 17.8. The first kappa shape index (κ1) is 17.4. The lowest BCUT2D eigenvalue weighted by atomic mass is 10.1. The number of ether oxygens (including phenoxy) is 3. The third-order valence-electron chi connectivity index (χ3n) is 3.62. The maximum atomic E-state index is 11.0. The maximum absolute atomic E-state index is 11.0. The SMILES string of the molecule is COCCOc1cccc(OCC[C@@H]2CN(C(=O)O)CCN2)c1. The van der Waals surface area contributed by atoms with Crippen LogP contribution in [0.4, 0.5) is 4.79 Å². The minimum Gasteiger partial charge on any atom is -0.493 e. The molecule has 0 aromatic heterocycles. The van der Waals surface area contributed by atoms with Crippen molar-refractivity contribution in [2.75, 3.05) is 46.6 Å². The molecule has 7 nitrogen and oxygen atoms in total. The van der Waals surface area contributed by atoms with Gasteiger partial charge in [-0.2, -0.15) is 0 Å². The Balaban J connectivity index is 1.73. The average molecular weight is 324 g/mol. The Hall–Kier alpha value is -1.99. The van der Waals surface area contributed by atoms with E-state index in [0.717, 1.165) is 17.9 Å². The summed E-state index contributed by atoms with van der Waals surface area (Å²) < 4.78 is 16.2. The molecule has 2 N–H and O–H groups in total. The van der Waals surface area contributed by atoms with E-state index < -0.39 is 6.09 Å². The predicted octanol–water partition coefficient (Wildman–Crippen LogP) is 1.43. The molecule has 1 aromatic rings. The van der Waals surface area contributed by atoms with Crippen molar-refractivity contribution >= 4 is 6.09 Å². The molecule has 1 aromatic carbocycles. The first-order valence-corrected chi connectivity index (χ1v) is 7.75. The molecule has 128 valence electrons. The van der Waals surface area contributed by atoms with Crippen molar-refractivity contribution in [3.63, 3.8) is 0 Å². The van der Waals surface area contributed by atoms with Crippen molar-refractivity contribution in [3.05, 3.63) is 24.3 Å². The number of hydrogen-bond donors (Lipinski definition) is 2. The fourth-order valence-electron chi connectivity index (χ4n) is 2.41. The Morgan fingerprint density at radius 2 is 2.04 bits per heavy atom. The molecule has 1 fully saturated rings. The average Bonchev–Trinajstić information content (AvgIpc) is 2.56. The second-order valence-corrected chi connectivity index (χ2v) is 5.33. The first-order valence-electron chi connectivity index (χ1n) is 7.75. The standard InChI is InChI=1S/C16H24N2O5/c1-21-9-10-23-15-4-2-3-14(11-15)22-8-5-13-12-18(16(19)20)7-6-17-13/h2-4,11,13,17H,5-10,12H2,1H3,(H,19,20)/t13-/m1/s1. The minimum absolute atomic E-state index is 0.126. The van der Waals surface area contributed by atoms with Gasteiger partial charge in [0, 0.05) is 38.9 Å². The minimum atomic E-state index is -0.863. The van der Waals surface area contributed by atoms with E-state index in [1.54, 1.807) is 7.11 Å². The van der Waals surface area contributed by atoms with Gasteiger partial charge in [-0.25, -0.2) is 4.79 Å². The summed E-state index contributed by atoms with van der Waals surface area (Å²) in [5.41, 5.74) is 0. The topological polar surface area (TPSA) is 80.3 Å². The number of nitrogens with zero attached hydrogens (tertiary/aromatic N) is 1.